The van der Waals surface area contributed by atoms with Crippen LogP contribution >= 0.6 is 15.9 Å². The van der Waals surface area contributed by atoms with Gasteiger partial charge in [-0.05, 0) is 41.2 Å². The van der Waals surface area contributed by atoms with Crippen molar-refractivity contribution in [3.05, 3.63) is 63.9 Å². The van der Waals surface area contributed by atoms with Crippen LogP contribution in [0, 0.1) is 11.6 Å². The van der Waals surface area contributed by atoms with E-state index in [-0.39, 0.29) is 5.56 Å². The number of hydrogen-bond acceptors (Lipinski definition) is 2. The molecule has 0 saturated heterocycles. The first kappa shape index (κ1) is 13.1. The van der Waals surface area contributed by atoms with Crippen LogP contribution in [0.15, 0.2) is 41.0 Å². The molecule has 1 N–H and O–H groups in total. The van der Waals surface area contributed by atoms with Crippen LogP contribution in [-0.4, -0.2) is 12.0 Å². The normalized spacial score (nSPS) is 12.4. The molecule has 2 nitrogen and oxygen atoms in total. The molecule has 0 aliphatic carbocycles. The summed E-state index contributed by atoms with van der Waals surface area (Å²) in [5, 5.41) is 2.94. The summed E-state index contributed by atoms with van der Waals surface area (Å²) >= 11 is 3.36. The fourth-order valence-corrected chi connectivity index (χ4v) is 2.28. The zero-order valence-corrected chi connectivity index (χ0v) is 11.2. The fraction of sp³-hybridized carbons (Fsp3) is 0.154. The van der Waals surface area contributed by atoms with Crippen LogP contribution in [0.3, 0.4) is 0 Å². The van der Waals surface area contributed by atoms with Gasteiger partial charge in [-0.15, -0.1) is 0 Å². The SMILES string of the molecule is CNC(c1cccc(F)c1F)c1ncccc1Br. The number of nitrogens with one attached hydrogen (secondary N) is 1. The molecule has 1 aromatic heterocycles. The van der Waals surface area contributed by atoms with E-state index in [2.05, 4.69) is 26.2 Å². The van der Waals surface area contributed by atoms with Crippen molar-refractivity contribution >= 4 is 15.9 Å². The Morgan fingerprint density at radius 2 is 2.00 bits per heavy atom. The number of pyridine rings is 1. The molecule has 0 fully saturated rings. The van der Waals surface area contributed by atoms with Crippen molar-refractivity contribution in [2.45, 2.75) is 6.04 Å². The highest BCUT2D eigenvalue weighted by Crippen LogP contribution is 2.28. The molecular weight excluding hydrogens is 302 g/mol. The second-order valence-corrected chi connectivity index (χ2v) is 4.59. The third kappa shape index (κ3) is 2.42. The van der Waals surface area contributed by atoms with Gasteiger partial charge >= 0.3 is 0 Å². The van der Waals surface area contributed by atoms with E-state index in [1.54, 1.807) is 25.4 Å². The second-order valence-electron chi connectivity index (χ2n) is 3.74. The molecule has 0 saturated carbocycles. The van der Waals surface area contributed by atoms with Gasteiger partial charge in [-0.25, -0.2) is 8.78 Å². The molecular formula is C13H11BrF2N2. The summed E-state index contributed by atoms with van der Waals surface area (Å²) in [6, 6.07) is 7.19. The summed E-state index contributed by atoms with van der Waals surface area (Å²) < 4.78 is 27.8. The van der Waals surface area contributed by atoms with Crippen LogP contribution in [0.5, 0.6) is 0 Å². The van der Waals surface area contributed by atoms with Crippen LogP contribution in [0.4, 0.5) is 8.78 Å². The maximum Gasteiger partial charge on any atom is 0.163 e. The van der Waals surface area contributed by atoms with Crippen molar-refractivity contribution in [2.24, 2.45) is 0 Å². The lowest BCUT2D eigenvalue weighted by Gasteiger charge is -2.18. The highest BCUT2D eigenvalue weighted by atomic mass is 79.9. The predicted molar refractivity (Wildman–Crippen MR) is 69.2 cm³/mol. The Balaban J connectivity index is 2.53. The Hall–Kier alpha value is -1.33. The zero-order valence-electron chi connectivity index (χ0n) is 9.62. The smallest absolute Gasteiger partial charge is 0.163 e. The minimum atomic E-state index is -0.861. The molecule has 1 atom stereocenters. The fourth-order valence-electron chi connectivity index (χ4n) is 1.79. The average molecular weight is 313 g/mol. The van der Waals surface area contributed by atoms with Crippen molar-refractivity contribution < 1.29 is 8.78 Å². The Kier molecular flexibility index (Phi) is 4.04. The lowest BCUT2D eigenvalue weighted by atomic mass is 10.0. The molecule has 0 aliphatic rings. The largest absolute Gasteiger partial charge is 0.308 e. The van der Waals surface area contributed by atoms with E-state index in [1.807, 2.05) is 6.07 Å². The first-order valence-electron chi connectivity index (χ1n) is 5.36. The lowest BCUT2D eigenvalue weighted by Crippen LogP contribution is -2.21. The summed E-state index contributed by atoms with van der Waals surface area (Å²) in [4.78, 5) is 4.20. The van der Waals surface area contributed by atoms with E-state index in [0.29, 0.717) is 5.69 Å². The Labute approximate surface area is 112 Å². The van der Waals surface area contributed by atoms with E-state index >= 15 is 0 Å². The summed E-state index contributed by atoms with van der Waals surface area (Å²) in [7, 11) is 1.68. The molecule has 2 rings (SSSR count). The predicted octanol–water partition coefficient (Wildman–Crippen LogP) is 3.43. The third-order valence-electron chi connectivity index (χ3n) is 2.64. The Morgan fingerprint density at radius 3 is 2.67 bits per heavy atom. The first-order valence-corrected chi connectivity index (χ1v) is 6.16. The van der Waals surface area contributed by atoms with Gasteiger partial charge in [0.25, 0.3) is 0 Å². The molecule has 0 spiro atoms. The molecule has 5 heteroatoms. The first-order chi connectivity index (χ1) is 8.65. The molecule has 0 amide bonds. The molecule has 0 bridgehead atoms. The molecule has 0 radical (unpaired) electrons. The number of halogens is 3. The zero-order chi connectivity index (χ0) is 13.1. The van der Waals surface area contributed by atoms with Crippen molar-refractivity contribution in [1.82, 2.24) is 10.3 Å². The maximum atomic E-state index is 13.8. The summed E-state index contributed by atoms with van der Waals surface area (Å²) in [5.74, 6) is -1.71. The third-order valence-corrected chi connectivity index (χ3v) is 3.31. The van der Waals surface area contributed by atoms with E-state index < -0.39 is 17.7 Å². The Morgan fingerprint density at radius 1 is 1.22 bits per heavy atom. The summed E-state index contributed by atoms with van der Waals surface area (Å²) in [5.41, 5.74) is 0.849. The van der Waals surface area contributed by atoms with Gasteiger partial charge in [0, 0.05) is 16.2 Å². The van der Waals surface area contributed by atoms with Crippen molar-refractivity contribution in [3.63, 3.8) is 0 Å². The van der Waals surface area contributed by atoms with Gasteiger partial charge in [0.05, 0.1) is 11.7 Å². The maximum absolute atomic E-state index is 13.8. The standard InChI is InChI=1S/C13H11BrF2N2/c1-17-12(13-9(14)5-3-7-18-13)8-4-2-6-10(15)11(8)16/h2-7,12,17H,1H3. The van der Waals surface area contributed by atoms with Crippen LogP contribution in [0.2, 0.25) is 0 Å². The van der Waals surface area contributed by atoms with Crippen molar-refractivity contribution in [1.29, 1.82) is 0 Å². The minimum Gasteiger partial charge on any atom is -0.308 e. The van der Waals surface area contributed by atoms with Crippen LogP contribution < -0.4 is 5.32 Å². The molecule has 18 heavy (non-hydrogen) atoms. The number of rotatable bonds is 3. The topological polar surface area (TPSA) is 24.9 Å². The number of hydrogen-bond donors (Lipinski definition) is 1. The second kappa shape index (κ2) is 5.54. The van der Waals surface area contributed by atoms with Gasteiger partial charge in [0.2, 0.25) is 0 Å². The summed E-state index contributed by atoms with van der Waals surface area (Å²) in [6.45, 7) is 0. The molecule has 0 aliphatic heterocycles. The molecule has 1 aromatic carbocycles. The molecule has 2 aromatic rings. The average Bonchev–Trinajstić information content (AvgIpc) is 2.37. The monoisotopic (exact) mass is 312 g/mol. The minimum absolute atomic E-state index is 0.233. The van der Waals surface area contributed by atoms with E-state index in [0.717, 1.165) is 10.5 Å². The quantitative estimate of drug-likeness (QED) is 0.939. The van der Waals surface area contributed by atoms with Gasteiger partial charge in [-0.1, -0.05) is 12.1 Å². The highest BCUT2D eigenvalue weighted by molar-refractivity contribution is 9.10. The van der Waals surface area contributed by atoms with Crippen molar-refractivity contribution in [3.8, 4) is 0 Å². The van der Waals surface area contributed by atoms with Gasteiger partial charge in [-0.2, -0.15) is 0 Å². The van der Waals surface area contributed by atoms with E-state index in [9.17, 15) is 8.78 Å². The molecule has 1 unspecified atom stereocenters. The summed E-state index contributed by atoms with van der Waals surface area (Å²) in [6.07, 6.45) is 1.61. The number of benzene rings is 1. The van der Waals surface area contributed by atoms with E-state index in [1.165, 1.54) is 6.07 Å². The van der Waals surface area contributed by atoms with Crippen LogP contribution in [-0.2, 0) is 0 Å². The van der Waals surface area contributed by atoms with Gasteiger partial charge in [-0.3, -0.25) is 4.98 Å². The molecule has 1 heterocycles. The van der Waals surface area contributed by atoms with Crippen molar-refractivity contribution in [2.75, 3.05) is 7.05 Å². The van der Waals surface area contributed by atoms with Gasteiger partial charge in [0.15, 0.2) is 11.6 Å². The highest BCUT2D eigenvalue weighted by Gasteiger charge is 2.21. The number of aromatic nitrogens is 1. The van der Waals surface area contributed by atoms with Gasteiger partial charge in [0.1, 0.15) is 0 Å². The van der Waals surface area contributed by atoms with Crippen LogP contribution in [0.25, 0.3) is 0 Å². The Bertz CT molecular complexity index is 560. The number of nitrogens with zero attached hydrogens (tertiary/aromatic N) is 1. The van der Waals surface area contributed by atoms with Gasteiger partial charge < -0.3 is 5.32 Å². The lowest BCUT2D eigenvalue weighted by molar-refractivity contribution is 0.485. The molecule has 94 valence electrons. The van der Waals surface area contributed by atoms with Crippen LogP contribution in [0.1, 0.15) is 17.3 Å². The van der Waals surface area contributed by atoms with E-state index in [4.69, 9.17) is 0 Å².